The highest BCUT2D eigenvalue weighted by Crippen LogP contribution is 2.29. The van der Waals surface area contributed by atoms with E-state index in [0.29, 0.717) is 23.5 Å². The molecule has 1 unspecified atom stereocenters. The van der Waals surface area contributed by atoms with Crippen molar-refractivity contribution in [2.24, 2.45) is 5.92 Å². The molecule has 0 aliphatic heterocycles. The molecule has 37 heavy (non-hydrogen) atoms. The number of hydrogen-bond donors (Lipinski definition) is 1. The van der Waals surface area contributed by atoms with Crippen LogP contribution in [0.3, 0.4) is 0 Å². The van der Waals surface area contributed by atoms with Crippen molar-refractivity contribution in [3.8, 4) is 17.1 Å². The molecule has 1 N–H and O–H groups in total. The van der Waals surface area contributed by atoms with Crippen LogP contribution in [-0.2, 0) is 17.1 Å². The van der Waals surface area contributed by atoms with Crippen LogP contribution in [0.2, 0.25) is 0 Å². The van der Waals surface area contributed by atoms with Gasteiger partial charge >= 0.3 is 5.76 Å². The van der Waals surface area contributed by atoms with Gasteiger partial charge in [0.15, 0.2) is 17.3 Å². The highest BCUT2D eigenvalue weighted by Gasteiger charge is 2.44. The summed E-state index contributed by atoms with van der Waals surface area (Å²) in [6, 6.07) is 25.3. The van der Waals surface area contributed by atoms with Gasteiger partial charge in [0.1, 0.15) is 12.4 Å². The minimum absolute atomic E-state index is 0.0524. The number of benzene rings is 3. The predicted octanol–water partition coefficient (Wildman–Crippen LogP) is 4.80. The fraction of sp³-hybridized carbons (Fsp3) is 0.241. The molecular formula is C29H29N3O5. The lowest BCUT2D eigenvalue weighted by atomic mass is 9.92. The first kappa shape index (κ1) is 25.6. The standard InChI is InChI=1S/C29H29N3O5/c1-20(2)18-29(21(3)33,32-26(31-37-28(32)35)23-12-8-5-9-13-23)30-27(34)24-14-16-25(17-15-24)36-19-22-10-6-4-7-11-22/h4-17,20H,18-19H2,1-3H3,(H,30,34). The first-order chi connectivity index (χ1) is 17.8. The Balaban J connectivity index is 1.64. The Morgan fingerprint density at radius 3 is 2.19 bits per heavy atom. The number of rotatable bonds is 10. The third-order valence-corrected chi connectivity index (χ3v) is 5.99. The van der Waals surface area contributed by atoms with E-state index in [1.165, 1.54) is 6.92 Å². The van der Waals surface area contributed by atoms with Gasteiger partial charge in [0.05, 0.1) is 0 Å². The molecule has 1 amide bonds. The fourth-order valence-corrected chi connectivity index (χ4v) is 4.24. The minimum atomic E-state index is -1.70. The van der Waals surface area contributed by atoms with Gasteiger partial charge in [-0.15, -0.1) is 0 Å². The van der Waals surface area contributed by atoms with Crippen molar-refractivity contribution in [3.63, 3.8) is 0 Å². The van der Waals surface area contributed by atoms with E-state index in [-0.39, 0.29) is 18.2 Å². The average molecular weight is 500 g/mol. The van der Waals surface area contributed by atoms with Gasteiger partial charge in [-0.25, -0.2) is 9.36 Å². The highest BCUT2D eigenvalue weighted by atomic mass is 16.5. The number of Topliss-reactive ketones (excluding diaryl/α,β-unsaturated/α-hetero) is 1. The van der Waals surface area contributed by atoms with Crippen LogP contribution in [-0.4, -0.2) is 21.4 Å². The number of hydrogen-bond acceptors (Lipinski definition) is 6. The normalized spacial score (nSPS) is 12.6. The van der Waals surface area contributed by atoms with Crippen LogP contribution in [0.15, 0.2) is 94.2 Å². The molecule has 0 radical (unpaired) electrons. The van der Waals surface area contributed by atoms with Crippen LogP contribution in [0.4, 0.5) is 0 Å². The molecule has 0 spiro atoms. The Hall–Kier alpha value is -4.46. The second-order valence-electron chi connectivity index (χ2n) is 9.24. The van der Waals surface area contributed by atoms with Gasteiger partial charge in [-0.1, -0.05) is 79.7 Å². The van der Waals surface area contributed by atoms with Crippen molar-refractivity contribution in [2.75, 3.05) is 0 Å². The summed E-state index contributed by atoms with van der Waals surface area (Å²) in [4.78, 5) is 39.5. The lowest BCUT2D eigenvalue weighted by Crippen LogP contribution is -2.59. The van der Waals surface area contributed by atoms with Crippen LogP contribution in [0.1, 0.15) is 43.1 Å². The maximum Gasteiger partial charge on any atom is 0.444 e. The van der Waals surface area contributed by atoms with E-state index in [9.17, 15) is 14.4 Å². The van der Waals surface area contributed by atoms with Gasteiger partial charge in [-0.2, -0.15) is 0 Å². The zero-order valence-electron chi connectivity index (χ0n) is 21.0. The molecule has 8 heteroatoms. The number of carbonyl (C=O) groups excluding carboxylic acids is 2. The first-order valence-corrected chi connectivity index (χ1v) is 12.0. The molecule has 0 saturated heterocycles. The fourth-order valence-electron chi connectivity index (χ4n) is 4.24. The molecule has 1 aromatic heterocycles. The Morgan fingerprint density at radius 2 is 1.59 bits per heavy atom. The molecule has 4 rings (SSSR count). The van der Waals surface area contributed by atoms with Gasteiger partial charge in [0.2, 0.25) is 0 Å². The van der Waals surface area contributed by atoms with Crippen molar-refractivity contribution in [1.29, 1.82) is 0 Å². The van der Waals surface area contributed by atoms with Crippen LogP contribution in [0.5, 0.6) is 5.75 Å². The number of aromatic nitrogens is 2. The molecule has 0 aliphatic carbocycles. The van der Waals surface area contributed by atoms with Crippen LogP contribution in [0, 0.1) is 5.92 Å². The average Bonchev–Trinajstić information content (AvgIpc) is 3.29. The number of nitrogens with one attached hydrogen (secondary N) is 1. The lowest BCUT2D eigenvalue weighted by molar-refractivity contribution is -0.128. The Kier molecular flexibility index (Phi) is 7.67. The molecule has 1 heterocycles. The number of amides is 1. The molecule has 190 valence electrons. The summed E-state index contributed by atoms with van der Waals surface area (Å²) in [7, 11) is 0. The van der Waals surface area contributed by atoms with E-state index in [2.05, 4.69) is 10.5 Å². The van der Waals surface area contributed by atoms with E-state index in [1.807, 2.05) is 50.2 Å². The topological polar surface area (TPSA) is 103 Å². The van der Waals surface area contributed by atoms with E-state index >= 15 is 0 Å². The number of nitrogens with zero attached hydrogens (tertiary/aromatic N) is 2. The SMILES string of the molecule is CC(=O)C(CC(C)C)(NC(=O)c1ccc(OCc2ccccc2)cc1)n1c(-c2ccccc2)noc1=O. The maximum absolute atomic E-state index is 13.4. The Morgan fingerprint density at radius 1 is 0.973 bits per heavy atom. The largest absolute Gasteiger partial charge is 0.489 e. The van der Waals surface area contributed by atoms with Gasteiger partial charge in [-0.3, -0.25) is 14.1 Å². The van der Waals surface area contributed by atoms with E-state index in [0.717, 1.165) is 10.1 Å². The minimum Gasteiger partial charge on any atom is -0.489 e. The smallest absolute Gasteiger partial charge is 0.444 e. The second kappa shape index (κ2) is 11.1. The van der Waals surface area contributed by atoms with Crippen LogP contribution >= 0.6 is 0 Å². The van der Waals surface area contributed by atoms with Crippen LogP contribution in [0.25, 0.3) is 11.4 Å². The van der Waals surface area contributed by atoms with Crippen molar-refractivity contribution in [2.45, 2.75) is 39.5 Å². The van der Waals surface area contributed by atoms with Crippen molar-refractivity contribution in [1.82, 2.24) is 15.0 Å². The molecule has 0 saturated carbocycles. The van der Waals surface area contributed by atoms with E-state index in [4.69, 9.17) is 9.26 Å². The van der Waals surface area contributed by atoms with Crippen molar-refractivity contribution in [3.05, 3.63) is 107 Å². The molecule has 3 aromatic carbocycles. The molecule has 1 atom stereocenters. The summed E-state index contributed by atoms with van der Waals surface area (Å²) in [5.41, 5.74) is 0.220. The Labute approximate surface area is 214 Å². The van der Waals surface area contributed by atoms with Gasteiger partial charge in [0, 0.05) is 11.1 Å². The van der Waals surface area contributed by atoms with Gasteiger partial charge < -0.3 is 10.1 Å². The first-order valence-electron chi connectivity index (χ1n) is 12.0. The van der Waals surface area contributed by atoms with E-state index in [1.54, 1.807) is 48.5 Å². The summed E-state index contributed by atoms with van der Waals surface area (Å²) in [6.07, 6.45) is 0.160. The summed E-state index contributed by atoms with van der Waals surface area (Å²) in [6.45, 7) is 5.55. The summed E-state index contributed by atoms with van der Waals surface area (Å²) in [5, 5.41) is 6.78. The van der Waals surface area contributed by atoms with Crippen molar-refractivity contribution < 1.29 is 18.8 Å². The zero-order chi connectivity index (χ0) is 26.4. The second-order valence-corrected chi connectivity index (χ2v) is 9.24. The molecule has 0 bridgehead atoms. The monoisotopic (exact) mass is 499 g/mol. The molecule has 0 aliphatic rings. The highest BCUT2D eigenvalue weighted by molar-refractivity contribution is 5.98. The third-order valence-electron chi connectivity index (χ3n) is 5.99. The van der Waals surface area contributed by atoms with E-state index < -0.39 is 23.1 Å². The van der Waals surface area contributed by atoms with Crippen molar-refractivity contribution >= 4 is 11.7 Å². The number of ketones is 1. The summed E-state index contributed by atoms with van der Waals surface area (Å²) < 4.78 is 12.0. The van der Waals surface area contributed by atoms with Gasteiger partial charge in [0.25, 0.3) is 5.91 Å². The predicted molar refractivity (Wildman–Crippen MR) is 139 cm³/mol. The molecule has 4 aromatic rings. The number of ether oxygens (including phenoxy) is 1. The summed E-state index contributed by atoms with van der Waals surface area (Å²) in [5.74, 6) is -1.06. The Bertz CT molecular complexity index is 1410. The van der Waals surface area contributed by atoms with Crippen LogP contribution < -0.4 is 15.8 Å². The quantitative estimate of drug-likeness (QED) is 0.336. The molecule has 0 fully saturated rings. The maximum atomic E-state index is 13.4. The number of carbonyl (C=O) groups is 2. The lowest BCUT2D eigenvalue weighted by Gasteiger charge is -2.34. The van der Waals surface area contributed by atoms with Gasteiger partial charge in [-0.05, 0) is 49.1 Å². The third kappa shape index (κ3) is 5.69. The molecule has 8 nitrogen and oxygen atoms in total. The zero-order valence-corrected chi connectivity index (χ0v) is 21.0. The summed E-state index contributed by atoms with van der Waals surface area (Å²) >= 11 is 0. The molecular weight excluding hydrogens is 470 g/mol.